The monoisotopic (exact) mass is 781 g/mol. The first-order valence-electron chi connectivity index (χ1n) is 20.5. The third kappa shape index (κ3) is 6.14. The molecule has 5 nitrogen and oxygen atoms in total. The Balaban J connectivity index is 1.08. The summed E-state index contributed by atoms with van der Waals surface area (Å²) in [5.41, 5.74) is 13.7. The lowest BCUT2D eigenvalue weighted by atomic mass is 9.95. The number of furan rings is 2. The lowest BCUT2D eigenvalue weighted by Gasteiger charge is -2.13. The van der Waals surface area contributed by atoms with Crippen molar-refractivity contribution in [2.24, 2.45) is 0 Å². The largest absolute Gasteiger partial charge is 0.456 e. The van der Waals surface area contributed by atoms with Crippen LogP contribution in [0.5, 0.6) is 0 Å². The van der Waals surface area contributed by atoms with Crippen molar-refractivity contribution < 1.29 is 8.83 Å². The predicted molar refractivity (Wildman–Crippen MR) is 249 cm³/mol. The van der Waals surface area contributed by atoms with E-state index in [0.717, 1.165) is 105 Å². The molecule has 3 heterocycles. The van der Waals surface area contributed by atoms with Crippen LogP contribution in [0.15, 0.2) is 203 Å². The zero-order valence-electron chi connectivity index (χ0n) is 33.1. The summed E-state index contributed by atoms with van der Waals surface area (Å²) in [6.07, 6.45) is 0. The SMILES string of the molecule is Cc1cccc(-c2nc(-c3cc(-c4ccccc4)cc(-c4ccc5oc6cc7ccccc7cc6c5c4)c3)nc(-c3cccc4oc5ccc(-c6ccccc6)cc5c34)n2)c1. The van der Waals surface area contributed by atoms with E-state index in [9.17, 15) is 0 Å². The second kappa shape index (κ2) is 14.0. The maximum absolute atomic E-state index is 6.48. The Morgan fingerprint density at radius 2 is 0.852 bits per heavy atom. The Morgan fingerprint density at radius 3 is 1.61 bits per heavy atom. The van der Waals surface area contributed by atoms with Gasteiger partial charge in [-0.15, -0.1) is 0 Å². The van der Waals surface area contributed by atoms with Crippen molar-refractivity contribution >= 4 is 54.6 Å². The Labute approximate surface area is 351 Å². The quantitative estimate of drug-likeness (QED) is 0.168. The van der Waals surface area contributed by atoms with Crippen molar-refractivity contribution in [2.45, 2.75) is 6.92 Å². The fraction of sp³-hybridized carbons (Fsp3) is 0.0179. The second-order valence-electron chi connectivity index (χ2n) is 15.7. The van der Waals surface area contributed by atoms with Crippen molar-refractivity contribution in [3.8, 4) is 67.5 Å². The number of hydrogen-bond acceptors (Lipinski definition) is 5. The first kappa shape index (κ1) is 34.9. The van der Waals surface area contributed by atoms with E-state index in [1.165, 1.54) is 5.39 Å². The molecule has 0 atom stereocenters. The third-order valence-electron chi connectivity index (χ3n) is 11.7. The molecule has 0 saturated heterocycles. The van der Waals surface area contributed by atoms with Gasteiger partial charge in [-0.2, -0.15) is 0 Å². The van der Waals surface area contributed by atoms with Crippen LogP contribution in [-0.2, 0) is 0 Å². The van der Waals surface area contributed by atoms with Crippen molar-refractivity contribution in [1.82, 2.24) is 15.0 Å². The van der Waals surface area contributed by atoms with Crippen molar-refractivity contribution in [2.75, 3.05) is 0 Å². The second-order valence-corrected chi connectivity index (χ2v) is 15.7. The number of fused-ring (bicyclic) bond motifs is 7. The van der Waals surface area contributed by atoms with Gasteiger partial charge in [0.15, 0.2) is 17.5 Å². The zero-order chi connectivity index (χ0) is 40.4. The molecule has 12 rings (SSSR count). The molecule has 3 aromatic heterocycles. The molecule has 0 fully saturated rings. The molecule has 0 N–H and O–H groups in total. The molecule has 0 bridgehead atoms. The van der Waals surface area contributed by atoms with E-state index in [2.05, 4.69) is 177 Å². The molecule has 0 aliphatic carbocycles. The predicted octanol–water partition coefficient (Wildman–Crippen LogP) is 15.1. The van der Waals surface area contributed by atoms with E-state index >= 15 is 0 Å². The fourth-order valence-corrected chi connectivity index (χ4v) is 8.72. The minimum Gasteiger partial charge on any atom is -0.456 e. The van der Waals surface area contributed by atoms with Crippen molar-refractivity contribution in [3.05, 3.63) is 200 Å². The topological polar surface area (TPSA) is 65.0 Å². The van der Waals surface area contributed by atoms with Gasteiger partial charge in [0.25, 0.3) is 0 Å². The number of aromatic nitrogens is 3. The molecule has 0 radical (unpaired) electrons. The molecule has 286 valence electrons. The summed E-state index contributed by atoms with van der Waals surface area (Å²) < 4.78 is 12.9. The van der Waals surface area contributed by atoms with E-state index in [1.54, 1.807) is 0 Å². The van der Waals surface area contributed by atoms with Gasteiger partial charge in [0.2, 0.25) is 0 Å². The highest BCUT2D eigenvalue weighted by molar-refractivity contribution is 6.13. The van der Waals surface area contributed by atoms with Gasteiger partial charge in [0.05, 0.1) is 0 Å². The number of benzene rings is 9. The van der Waals surface area contributed by atoms with Crippen LogP contribution in [0, 0.1) is 6.92 Å². The molecule has 9 aromatic carbocycles. The maximum Gasteiger partial charge on any atom is 0.164 e. The van der Waals surface area contributed by atoms with Crippen LogP contribution in [0.2, 0.25) is 0 Å². The van der Waals surface area contributed by atoms with Gasteiger partial charge >= 0.3 is 0 Å². The lowest BCUT2D eigenvalue weighted by Crippen LogP contribution is -2.01. The summed E-state index contributed by atoms with van der Waals surface area (Å²) >= 11 is 0. The number of nitrogens with zero attached hydrogens (tertiary/aromatic N) is 3. The summed E-state index contributed by atoms with van der Waals surface area (Å²) in [6, 6.07) is 67.7. The van der Waals surface area contributed by atoms with E-state index < -0.39 is 0 Å². The molecular formula is C56H35N3O2. The minimum absolute atomic E-state index is 0.574. The summed E-state index contributed by atoms with van der Waals surface area (Å²) in [7, 11) is 0. The first-order valence-corrected chi connectivity index (χ1v) is 20.5. The molecule has 0 aliphatic heterocycles. The van der Waals surface area contributed by atoms with Crippen LogP contribution in [0.4, 0.5) is 0 Å². The average Bonchev–Trinajstić information content (AvgIpc) is 3.88. The van der Waals surface area contributed by atoms with Crippen LogP contribution < -0.4 is 0 Å². The Hall–Kier alpha value is -8.15. The molecule has 61 heavy (non-hydrogen) atoms. The Kier molecular flexibility index (Phi) is 8.00. The van der Waals surface area contributed by atoms with Gasteiger partial charge < -0.3 is 8.83 Å². The molecule has 0 amide bonds. The molecule has 0 saturated carbocycles. The highest BCUT2D eigenvalue weighted by Gasteiger charge is 2.20. The van der Waals surface area contributed by atoms with E-state index in [4.69, 9.17) is 23.8 Å². The summed E-state index contributed by atoms with van der Waals surface area (Å²) in [6.45, 7) is 2.09. The van der Waals surface area contributed by atoms with E-state index in [-0.39, 0.29) is 0 Å². The Bertz CT molecular complexity index is 3660. The van der Waals surface area contributed by atoms with Gasteiger partial charge in [-0.05, 0) is 118 Å². The van der Waals surface area contributed by atoms with Crippen molar-refractivity contribution in [1.29, 1.82) is 0 Å². The summed E-state index contributed by atoms with van der Waals surface area (Å²) in [5.74, 6) is 1.75. The van der Waals surface area contributed by atoms with Gasteiger partial charge in [0.1, 0.15) is 22.3 Å². The average molecular weight is 782 g/mol. The molecule has 0 unspecified atom stereocenters. The van der Waals surface area contributed by atoms with Crippen LogP contribution in [0.1, 0.15) is 5.56 Å². The smallest absolute Gasteiger partial charge is 0.164 e. The van der Waals surface area contributed by atoms with Gasteiger partial charge in [-0.3, -0.25) is 0 Å². The normalized spacial score (nSPS) is 11.7. The number of hydrogen-bond donors (Lipinski definition) is 0. The molecule has 0 aliphatic rings. The summed E-state index contributed by atoms with van der Waals surface area (Å²) in [5, 5.41) is 6.48. The molecule has 12 aromatic rings. The lowest BCUT2D eigenvalue weighted by molar-refractivity contribution is 0.669. The van der Waals surface area contributed by atoms with Crippen molar-refractivity contribution in [3.63, 3.8) is 0 Å². The van der Waals surface area contributed by atoms with Gasteiger partial charge in [-0.1, -0.05) is 133 Å². The summed E-state index contributed by atoms with van der Waals surface area (Å²) in [4.78, 5) is 15.8. The third-order valence-corrected chi connectivity index (χ3v) is 11.7. The standard InChI is InChI=1S/C56H35N3O2/c1-34-12-10-19-41(26-34)54-57-55(59-56(58-54)45-20-11-21-51-53(45)48-32-39(22-25-50(48)60-51)35-13-4-2-5-14-35)44-28-42(36-15-6-3-7-16-36)27-43(29-44)40-23-24-49-46(31-40)47-30-37-17-8-9-18-38(37)33-52(47)61-49/h2-33H,1H3. The molecular weight excluding hydrogens is 747 g/mol. The minimum atomic E-state index is 0.574. The molecule has 5 heteroatoms. The van der Waals surface area contributed by atoms with Crippen LogP contribution in [0.3, 0.4) is 0 Å². The van der Waals surface area contributed by atoms with Crippen LogP contribution in [-0.4, -0.2) is 15.0 Å². The van der Waals surface area contributed by atoms with Crippen LogP contribution >= 0.6 is 0 Å². The van der Waals surface area contributed by atoms with E-state index in [1.807, 2.05) is 24.3 Å². The fourth-order valence-electron chi connectivity index (χ4n) is 8.72. The van der Waals surface area contributed by atoms with Gasteiger partial charge in [0, 0.05) is 38.2 Å². The van der Waals surface area contributed by atoms with Gasteiger partial charge in [-0.25, -0.2) is 15.0 Å². The first-order chi connectivity index (χ1) is 30.1. The van der Waals surface area contributed by atoms with E-state index in [0.29, 0.717) is 17.5 Å². The highest BCUT2D eigenvalue weighted by Crippen LogP contribution is 2.40. The Morgan fingerprint density at radius 1 is 0.311 bits per heavy atom. The highest BCUT2D eigenvalue weighted by atomic mass is 16.3. The molecule has 0 spiro atoms. The number of rotatable bonds is 6. The maximum atomic E-state index is 6.48. The number of aryl methyl sites for hydroxylation is 1. The zero-order valence-corrected chi connectivity index (χ0v) is 33.1. The van der Waals surface area contributed by atoms with Crippen LogP contribution in [0.25, 0.3) is 122 Å².